The number of aryl methyl sites for hydroxylation is 1. The second-order valence-corrected chi connectivity index (χ2v) is 5.86. The number of nitrogens with zero attached hydrogens (tertiary/aromatic N) is 2. The van der Waals surface area contributed by atoms with E-state index < -0.39 is 11.5 Å². The Morgan fingerprint density at radius 2 is 1.85 bits per heavy atom. The van der Waals surface area contributed by atoms with Crippen molar-refractivity contribution in [1.29, 1.82) is 5.26 Å². The van der Waals surface area contributed by atoms with Gasteiger partial charge >= 0.3 is 0 Å². The summed E-state index contributed by atoms with van der Waals surface area (Å²) in [6.07, 6.45) is 0. The van der Waals surface area contributed by atoms with Crippen LogP contribution in [0.5, 0.6) is 0 Å². The van der Waals surface area contributed by atoms with Gasteiger partial charge in [-0.25, -0.2) is 0 Å². The van der Waals surface area contributed by atoms with Gasteiger partial charge in [0.05, 0.1) is 17.3 Å². The molecule has 0 fully saturated rings. The molecule has 1 heterocycles. The van der Waals surface area contributed by atoms with Crippen molar-refractivity contribution in [2.45, 2.75) is 13.5 Å². The van der Waals surface area contributed by atoms with E-state index in [0.29, 0.717) is 23.5 Å². The van der Waals surface area contributed by atoms with Gasteiger partial charge in [-0.3, -0.25) is 14.2 Å². The molecule has 2 aromatic carbocycles. The number of hydrogen-bond acceptors (Lipinski definition) is 3. The lowest BCUT2D eigenvalue weighted by Gasteiger charge is -2.12. The first-order chi connectivity index (χ1) is 12.6. The first kappa shape index (κ1) is 17.2. The van der Waals surface area contributed by atoms with Crippen LogP contribution in [0.25, 0.3) is 5.69 Å². The maximum Gasteiger partial charge on any atom is 0.268 e. The average Bonchev–Trinajstić information content (AvgIpc) is 2.67. The van der Waals surface area contributed by atoms with Crippen molar-refractivity contribution in [3.63, 3.8) is 0 Å². The molecule has 0 radical (unpaired) electrons. The minimum Gasteiger partial charge on any atom is -0.348 e. The van der Waals surface area contributed by atoms with E-state index in [-0.39, 0.29) is 5.56 Å². The molecule has 5 heteroatoms. The van der Waals surface area contributed by atoms with E-state index in [1.807, 2.05) is 30.3 Å². The molecule has 0 aliphatic rings. The maximum atomic E-state index is 12.9. The summed E-state index contributed by atoms with van der Waals surface area (Å²) < 4.78 is 1.44. The first-order valence-corrected chi connectivity index (χ1v) is 8.15. The fraction of sp³-hybridized carbons (Fsp3) is 0.0952. The predicted octanol–water partition coefficient (Wildman–Crippen LogP) is 2.95. The molecule has 3 rings (SSSR count). The Hall–Kier alpha value is -3.65. The van der Waals surface area contributed by atoms with Gasteiger partial charge in [-0.05, 0) is 42.8 Å². The van der Waals surface area contributed by atoms with E-state index in [1.165, 1.54) is 10.6 Å². The number of carbonyl (C=O) groups is 1. The summed E-state index contributed by atoms with van der Waals surface area (Å²) in [6.45, 7) is 2.13. The van der Waals surface area contributed by atoms with Crippen molar-refractivity contribution >= 4 is 5.91 Å². The molecule has 0 spiro atoms. The van der Waals surface area contributed by atoms with Crippen molar-refractivity contribution in [1.82, 2.24) is 9.88 Å². The molecule has 0 unspecified atom stereocenters. The van der Waals surface area contributed by atoms with Crippen LogP contribution in [-0.4, -0.2) is 10.5 Å². The molecule has 5 nitrogen and oxygen atoms in total. The van der Waals surface area contributed by atoms with Gasteiger partial charge in [0.25, 0.3) is 11.5 Å². The number of hydrogen-bond donors (Lipinski definition) is 1. The van der Waals surface area contributed by atoms with Gasteiger partial charge in [0.15, 0.2) is 0 Å². The zero-order valence-corrected chi connectivity index (χ0v) is 14.3. The zero-order valence-electron chi connectivity index (χ0n) is 14.3. The van der Waals surface area contributed by atoms with E-state index in [9.17, 15) is 9.59 Å². The standard InChI is InChI=1S/C21H17N3O2/c1-15-10-11-19(20(25)23-14-16-6-3-2-4-7-16)21(26)24(15)18-9-5-8-17(12-18)13-22/h2-12H,14H2,1H3,(H,23,25). The number of benzene rings is 2. The molecule has 0 saturated carbocycles. The molecular weight excluding hydrogens is 326 g/mol. The summed E-state index contributed by atoms with van der Waals surface area (Å²) in [7, 11) is 0. The molecule has 3 aromatic rings. The van der Waals surface area contributed by atoms with Crippen LogP contribution in [0.3, 0.4) is 0 Å². The predicted molar refractivity (Wildman–Crippen MR) is 99.1 cm³/mol. The lowest BCUT2D eigenvalue weighted by Crippen LogP contribution is -2.33. The highest BCUT2D eigenvalue weighted by atomic mass is 16.2. The summed E-state index contributed by atoms with van der Waals surface area (Å²) in [4.78, 5) is 25.3. The van der Waals surface area contributed by atoms with Gasteiger partial charge in [0.2, 0.25) is 0 Å². The van der Waals surface area contributed by atoms with Crippen LogP contribution >= 0.6 is 0 Å². The summed E-state index contributed by atoms with van der Waals surface area (Å²) in [5.41, 5.74) is 2.30. The summed E-state index contributed by atoms with van der Waals surface area (Å²) in [6, 6.07) is 21.5. The zero-order chi connectivity index (χ0) is 18.5. The van der Waals surface area contributed by atoms with Crippen LogP contribution in [-0.2, 0) is 6.54 Å². The van der Waals surface area contributed by atoms with Gasteiger partial charge in [-0.15, -0.1) is 0 Å². The molecule has 0 aliphatic carbocycles. The van der Waals surface area contributed by atoms with Gasteiger partial charge in [-0.2, -0.15) is 5.26 Å². The minimum absolute atomic E-state index is 0.0638. The number of nitriles is 1. The number of rotatable bonds is 4. The highest BCUT2D eigenvalue weighted by Crippen LogP contribution is 2.11. The second kappa shape index (κ2) is 7.49. The first-order valence-electron chi connectivity index (χ1n) is 8.15. The topological polar surface area (TPSA) is 74.9 Å². The van der Waals surface area contributed by atoms with Crippen molar-refractivity contribution in [2.75, 3.05) is 0 Å². The van der Waals surface area contributed by atoms with Gasteiger partial charge in [0, 0.05) is 12.2 Å². The third-order valence-electron chi connectivity index (χ3n) is 4.05. The Kier molecular flexibility index (Phi) is 4.95. The van der Waals surface area contributed by atoms with Crippen LogP contribution in [0.1, 0.15) is 27.2 Å². The maximum absolute atomic E-state index is 12.9. The van der Waals surface area contributed by atoms with Gasteiger partial charge in [-0.1, -0.05) is 36.4 Å². The Bertz CT molecular complexity index is 1050. The highest BCUT2D eigenvalue weighted by Gasteiger charge is 2.15. The molecule has 1 amide bonds. The Morgan fingerprint density at radius 1 is 1.08 bits per heavy atom. The molecule has 0 atom stereocenters. The van der Waals surface area contributed by atoms with Crippen LogP contribution < -0.4 is 10.9 Å². The Balaban J connectivity index is 1.93. The van der Waals surface area contributed by atoms with E-state index in [4.69, 9.17) is 5.26 Å². The number of pyridine rings is 1. The van der Waals surface area contributed by atoms with E-state index in [0.717, 1.165) is 5.56 Å². The Labute approximate surface area is 151 Å². The number of nitrogens with one attached hydrogen (secondary N) is 1. The van der Waals surface area contributed by atoms with Crippen molar-refractivity contribution in [2.24, 2.45) is 0 Å². The van der Waals surface area contributed by atoms with Crippen molar-refractivity contribution in [3.8, 4) is 11.8 Å². The van der Waals surface area contributed by atoms with E-state index in [1.54, 1.807) is 37.3 Å². The highest BCUT2D eigenvalue weighted by molar-refractivity contribution is 5.93. The molecule has 1 aromatic heterocycles. The number of carbonyl (C=O) groups excluding carboxylic acids is 1. The molecular formula is C21H17N3O2. The van der Waals surface area contributed by atoms with Crippen molar-refractivity contribution in [3.05, 3.63) is 99.5 Å². The Morgan fingerprint density at radius 3 is 2.58 bits per heavy atom. The molecule has 0 bridgehead atoms. The molecule has 128 valence electrons. The molecule has 0 aliphatic heterocycles. The van der Waals surface area contributed by atoms with Crippen molar-refractivity contribution < 1.29 is 4.79 Å². The largest absolute Gasteiger partial charge is 0.348 e. The fourth-order valence-corrected chi connectivity index (χ4v) is 2.71. The molecule has 0 saturated heterocycles. The van der Waals surface area contributed by atoms with Gasteiger partial charge in [0.1, 0.15) is 5.56 Å². The quantitative estimate of drug-likeness (QED) is 0.791. The van der Waals surface area contributed by atoms with Crippen LogP contribution in [0.15, 0.2) is 71.5 Å². The van der Waals surface area contributed by atoms with Crippen LogP contribution in [0.4, 0.5) is 0 Å². The number of aromatic nitrogens is 1. The molecule has 26 heavy (non-hydrogen) atoms. The van der Waals surface area contributed by atoms with Gasteiger partial charge < -0.3 is 5.32 Å². The monoisotopic (exact) mass is 343 g/mol. The second-order valence-electron chi connectivity index (χ2n) is 5.86. The van der Waals surface area contributed by atoms with Crippen LogP contribution in [0, 0.1) is 18.3 Å². The summed E-state index contributed by atoms with van der Waals surface area (Å²) in [5, 5.41) is 11.8. The smallest absolute Gasteiger partial charge is 0.268 e. The minimum atomic E-state index is -0.427. The van der Waals surface area contributed by atoms with E-state index in [2.05, 4.69) is 11.4 Å². The van der Waals surface area contributed by atoms with E-state index >= 15 is 0 Å². The number of amides is 1. The SMILES string of the molecule is Cc1ccc(C(=O)NCc2ccccc2)c(=O)n1-c1cccc(C#N)c1. The molecule has 1 N–H and O–H groups in total. The summed E-state index contributed by atoms with van der Waals surface area (Å²) >= 11 is 0. The normalized spacial score (nSPS) is 10.2. The average molecular weight is 343 g/mol. The fourth-order valence-electron chi connectivity index (χ4n) is 2.71. The third-order valence-corrected chi connectivity index (χ3v) is 4.05. The summed E-state index contributed by atoms with van der Waals surface area (Å²) in [5.74, 6) is -0.427. The van der Waals surface area contributed by atoms with Crippen LogP contribution in [0.2, 0.25) is 0 Å². The lowest BCUT2D eigenvalue weighted by atomic mass is 10.1. The third kappa shape index (κ3) is 3.55. The lowest BCUT2D eigenvalue weighted by molar-refractivity contribution is 0.0949.